The highest BCUT2D eigenvalue weighted by Crippen LogP contribution is 2.19. The number of hydrogen-bond donors (Lipinski definition) is 3. The van der Waals surface area contributed by atoms with E-state index in [0.29, 0.717) is 32.2 Å². The van der Waals surface area contributed by atoms with E-state index in [4.69, 9.17) is 10.5 Å². The number of amides is 1. The average Bonchev–Trinajstić information content (AvgIpc) is 3.13. The summed E-state index contributed by atoms with van der Waals surface area (Å²) in [5.74, 6) is -1.21. The molecule has 0 bridgehead atoms. The second-order valence-corrected chi connectivity index (χ2v) is 15.8. The van der Waals surface area contributed by atoms with Crippen LogP contribution in [0.15, 0.2) is 0 Å². The highest BCUT2D eigenvalue weighted by Gasteiger charge is 2.19. The quantitative estimate of drug-likeness (QED) is 0.0424. The lowest BCUT2D eigenvalue weighted by molar-refractivity contribution is -0.150. The Labute approximate surface area is 322 Å². The van der Waals surface area contributed by atoms with E-state index in [2.05, 4.69) is 19.2 Å². The third kappa shape index (κ3) is 36.7. The third-order valence-electron chi connectivity index (χ3n) is 10.7. The van der Waals surface area contributed by atoms with Crippen LogP contribution in [0, 0.1) is 0 Å². The van der Waals surface area contributed by atoms with Crippen molar-refractivity contribution in [2.24, 2.45) is 5.73 Å². The highest BCUT2D eigenvalue weighted by molar-refractivity contribution is 5.83. The van der Waals surface area contributed by atoms with Crippen LogP contribution < -0.4 is 11.1 Å². The number of nitrogens with one attached hydrogen (secondary N) is 1. The summed E-state index contributed by atoms with van der Waals surface area (Å²) in [6.45, 7) is 4.97. The standard InChI is InChI=1S/C45H88N2O5/c1-3-5-7-9-11-13-15-16-17-18-20-22-24-29-33-39-44(49)52-41(35-30-26-23-21-19-14-12-10-8-6-4-2)36-31-27-25-28-32-38-43(48)47-42(45(50)51)37-34-40-46/h41-42H,3-40,46H2,1-2H3,(H,47,48)(H,50,51). The van der Waals surface area contributed by atoms with Gasteiger partial charge in [-0.1, -0.05) is 187 Å². The molecule has 308 valence electrons. The van der Waals surface area contributed by atoms with Crippen molar-refractivity contribution in [1.82, 2.24) is 5.32 Å². The molecule has 1 amide bonds. The molecule has 0 aromatic rings. The Kier molecular flexibility index (Phi) is 39.3. The molecule has 0 aromatic heterocycles. The van der Waals surface area contributed by atoms with Gasteiger partial charge in [0.25, 0.3) is 0 Å². The molecule has 2 unspecified atom stereocenters. The highest BCUT2D eigenvalue weighted by atomic mass is 16.5. The van der Waals surface area contributed by atoms with Crippen molar-refractivity contribution >= 4 is 17.8 Å². The van der Waals surface area contributed by atoms with Gasteiger partial charge in [-0.3, -0.25) is 9.59 Å². The van der Waals surface area contributed by atoms with Crippen molar-refractivity contribution in [2.75, 3.05) is 6.54 Å². The van der Waals surface area contributed by atoms with Crippen LogP contribution in [0.5, 0.6) is 0 Å². The molecule has 0 aliphatic heterocycles. The molecule has 0 spiro atoms. The van der Waals surface area contributed by atoms with E-state index in [1.807, 2.05) is 0 Å². The Morgan fingerprint density at radius 3 is 1.19 bits per heavy atom. The van der Waals surface area contributed by atoms with Crippen molar-refractivity contribution in [3.63, 3.8) is 0 Å². The number of carboxylic acids is 1. The largest absolute Gasteiger partial charge is 0.480 e. The fourth-order valence-electron chi connectivity index (χ4n) is 7.22. The van der Waals surface area contributed by atoms with Gasteiger partial charge < -0.3 is 20.9 Å². The van der Waals surface area contributed by atoms with Crippen molar-refractivity contribution < 1.29 is 24.2 Å². The Bertz CT molecular complexity index is 792. The van der Waals surface area contributed by atoms with E-state index in [-0.39, 0.29) is 18.0 Å². The molecule has 0 radical (unpaired) electrons. The number of unbranched alkanes of at least 4 members (excludes halogenated alkanes) is 28. The fourth-order valence-corrected chi connectivity index (χ4v) is 7.22. The van der Waals surface area contributed by atoms with E-state index in [1.54, 1.807) is 0 Å². The van der Waals surface area contributed by atoms with Crippen molar-refractivity contribution in [1.29, 1.82) is 0 Å². The molecule has 0 aliphatic carbocycles. The summed E-state index contributed by atoms with van der Waals surface area (Å²) in [7, 11) is 0. The molecule has 0 rings (SSSR count). The number of esters is 1. The summed E-state index contributed by atoms with van der Waals surface area (Å²) in [6.07, 6.45) is 42.9. The number of carbonyl (C=O) groups excluding carboxylic acids is 2. The molecule has 0 saturated heterocycles. The monoisotopic (exact) mass is 737 g/mol. The molecular formula is C45H88N2O5. The molecule has 0 aromatic carbocycles. The van der Waals surface area contributed by atoms with Gasteiger partial charge >= 0.3 is 11.9 Å². The van der Waals surface area contributed by atoms with Crippen LogP contribution in [0.4, 0.5) is 0 Å². The zero-order chi connectivity index (χ0) is 38.2. The molecule has 0 aliphatic rings. The van der Waals surface area contributed by atoms with Crippen LogP contribution in [-0.2, 0) is 19.1 Å². The number of aliphatic carboxylic acids is 1. The van der Waals surface area contributed by atoms with Gasteiger partial charge in [-0.2, -0.15) is 0 Å². The maximum Gasteiger partial charge on any atom is 0.326 e. The lowest BCUT2D eigenvalue weighted by Crippen LogP contribution is -2.40. The van der Waals surface area contributed by atoms with Gasteiger partial charge in [-0.15, -0.1) is 0 Å². The molecule has 7 heteroatoms. The predicted molar refractivity (Wildman–Crippen MR) is 221 cm³/mol. The molecule has 7 nitrogen and oxygen atoms in total. The average molecular weight is 737 g/mol. The third-order valence-corrected chi connectivity index (χ3v) is 10.7. The number of carbonyl (C=O) groups is 3. The van der Waals surface area contributed by atoms with E-state index in [9.17, 15) is 19.5 Å². The van der Waals surface area contributed by atoms with E-state index < -0.39 is 12.0 Å². The van der Waals surface area contributed by atoms with Crippen molar-refractivity contribution in [3.8, 4) is 0 Å². The Morgan fingerprint density at radius 1 is 0.481 bits per heavy atom. The number of hydrogen-bond acceptors (Lipinski definition) is 5. The second-order valence-electron chi connectivity index (χ2n) is 15.8. The van der Waals surface area contributed by atoms with Crippen LogP contribution in [0.3, 0.4) is 0 Å². The van der Waals surface area contributed by atoms with Gasteiger partial charge in [0.15, 0.2) is 0 Å². The first-order chi connectivity index (χ1) is 25.4. The minimum atomic E-state index is -1.000. The maximum atomic E-state index is 12.8. The molecular weight excluding hydrogens is 649 g/mol. The summed E-state index contributed by atoms with van der Waals surface area (Å²) in [5.41, 5.74) is 5.49. The van der Waals surface area contributed by atoms with Crippen LogP contribution in [0.2, 0.25) is 0 Å². The summed E-state index contributed by atoms with van der Waals surface area (Å²) in [5, 5.41) is 11.9. The lowest BCUT2D eigenvalue weighted by Gasteiger charge is -2.18. The predicted octanol–water partition coefficient (Wildman–Crippen LogP) is 12.9. The zero-order valence-electron chi connectivity index (χ0n) is 34.7. The topological polar surface area (TPSA) is 119 Å². The molecule has 0 fully saturated rings. The first-order valence-electron chi connectivity index (χ1n) is 22.9. The van der Waals surface area contributed by atoms with E-state index in [0.717, 1.165) is 64.2 Å². The lowest BCUT2D eigenvalue weighted by atomic mass is 10.0. The number of ether oxygens (including phenoxy) is 1. The smallest absolute Gasteiger partial charge is 0.326 e. The van der Waals surface area contributed by atoms with Gasteiger partial charge in [0.2, 0.25) is 5.91 Å². The fraction of sp³-hybridized carbons (Fsp3) is 0.933. The number of rotatable bonds is 42. The van der Waals surface area contributed by atoms with E-state index >= 15 is 0 Å². The van der Waals surface area contributed by atoms with Crippen LogP contribution >= 0.6 is 0 Å². The molecule has 52 heavy (non-hydrogen) atoms. The second kappa shape index (κ2) is 40.6. The molecule has 4 N–H and O–H groups in total. The normalized spacial score (nSPS) is 12.5. The van der Waals surface area contributed by atoms with Crippen molar-refractivity contribution in [3.05, 3.63) is 0 Å². The van der Waals surface area contributed by atoms with Gasteiger partial charge in [0.1, 0.15) is 12.1 Å². The summed E-state index contributed by atoms with van der Waals surface area (Å²) < 4.78 is 6.06. The van der Waals surface area contributed by atoms with Crippen LogP contribution in [0.1, 0.15) is 251 Å². The maximum absolute atomic E-state index is 12.8. The Hall–Kier alpha value is -1.63. The number of carboxylic acid groups (broad SMARTS) is 1. The van der Waals surface area contributed by atoms with E-state index in [1.165, 1.54) is 148 Å². The zero-order valence-corrected chi connectivity index (χ0v) is 34.7. The SMILES string of the molecule is CCCCCCCCCCCCCCCCCC(=O)OC(CCCCCCCCCCCCC)CCCCCCCC(=O)NC(CCCN)C(=O)O. The summed E-state index contributed by atoms with van der Waals surface area (Å²) in [6, 6.07) is -0.852. The van der Waals surface area contributed by atoms with Gasteiger partial charge in [0, 0.05) is 12.8 Å². The van der Waals surface area contributed by atoms with Gasteiger partial charge in [0.05, 0.1) is 0 Å². The molecule has 2 atom stereocenters. The number of nitrogens with two attached hydrogens (primary N) is 1. The first-order valence-corrected chi connectivity index (χ1v) is 22.9. The molecule has 0 heterocycles. The van der Waals surface area contributed by atoms with Gasteiger partial charge in [-0.05, 0) is 57.9 Å². The minimum Gasteiger partial charge on any atom is -0.480 e. The van der Waals surface area contributed by atoms with Crippen molar-refractivity contribution in [2.45, 2.75) is 264 Å². The molecule has 0 saturated carbocycles. The van der Waals surface area contributed by atoms with Crippen LogP contribution in [0.25, 0.3) is 0 Å². The summed E-state index contributed by atoms with van der Waals surface area (Å²) >= 11 is 0. The van der Waals surface area contributed by atoms with Crippen LogP contribution in [-0.4, -0.2) is 41.6 Å². The first kappa shape index (κ1) is 50.4. The van der Waals surface area contributed by atoms with Gasteiger partial charge in [-0.25, -0.2) is 4.79 Å². The minimum absolute atomic E-state index is 0.0140. The Morgan fingerprint density at radius 2 is 0.827 bits per heavy atom. The summed E-state index contributed by atoms with van der Waals surface area (Å²) in [4.78, 5) is 36.4. The Balaban J connectivity index is 4.24.